The van der Waals surface area contributed by atoms with Gasteiger partial charge in [0.1, 0.15) is 11.8 Å². The molecule has 0 saturated carbocycles. The van der Waals surface area contributed by atoms with E-state index in [9.17, 15) is 23.5 Å². The molecule has 0 spiro atoms. The predicted molar refractivity (Wildman–Crippen MR) is 88.0 cm³/mol. The Balaban J connectivity index is 1.87. The van der Waals surface area contributed by atoms with Crippen LogP contribution in [0.15, 0.2) is 75.2 Å². The number of halogens is 2. The summed E-state index contributed by atoms with van der Waals surface area (Å²) in [6, 6.07) is 7.54. The quantitative estimate of drug-likeness (QED) is 0.703. The summed E-state index contributed by atoms with van der Waals surface area (Å²) in [6.45, 7) is 0. The molecule has 27 heavy (non-hydrogen) atoms. The van der Waals surface area contributed by atoms with Crippen LogP contribution in [-0.2, 0) is 4.79 Å². The van der Waals surface area contributed by atoms with Crippen molar-refractivity contribution >= 4 is 17.4 Å². The lowest BCUT2D eigenvalue weighted by Gasteiger charge is -2.24. The van der Waals surface area contributed by atoms with Gasteiger partial charge in [-0.05, 0) is 36.4 Å². The number of rotatable bonds is 4. The Bertz CT molecular complexity index is 1050. The fraction of sp³-hybridized carbons (Fsp3) is 0.0526. The van der Waals surface area contributed by atoms with Crippen LogP contribution in [0.5, 0.6) is 0 Å². The Kier molecular flexibility index (Phi) is 3.88. The molecular formula is C19H11F2NO5. The van der Waals surface area contributed by atoms with Crippen molar-refractivity contribution in [2.45, 2.75) is 6.04 Å². The number of carbonyl (C=O) groups is 2. The third kappa shape index (κ3) is 2.62. The molecule has 1 aliphatic heterocycles. The van der Waals surface area contributed by atoms with E-state index in [1.165, 1.54) is 42.9 Å². The van der Waals surface area contributed by atoms with Gasteiger partial charge in [0.05, 0.1) is 18.1 Å². The summed E-state index contributed by atoms with van der Waals surface area (Å²) < 4.78 is 37.4. The molecule has 6 nitrogen and oxygen atoms in total. The fourth-order valence-electron chi connectivity index (χ4n) is 2.99. The van der Waals surface area contributed by atoms with Gasteiger partial charge in [0.2, 0.25) is 5.78 Å². The maximum Gasteiger partial charge on any atom is 0.294 e. The number of hydrogen-bond donors (Lipinski definition) is 1. The van der Waals surface area contributed by atoms with Crippen molar-refractivity contribution in [2.75, 3.05) is 4.90 Å². The molecule has 1 aliphatic rings. The Morgan fingerprint density at radius 3 is 2.41 bits per heavy atom. The molecule has 4 rings (SSSR count). The molecule has 1 aromatic carbocycles. The van der Waals surface area contributed by atoms with Gasteiger partial charge in [-0.25, -0.2) is 8.78 Å². The molecule has 0 radical (unpaired) electrons. The Morgan fingerprint density at radius 2 is 1.78 bits per heavy atom. The van der Waals surface area contributed by atoms with Crippen molar-refractivity contribution in [1.82, 2.24) is 0 Å². The minimum absolute atomic E-state index is 0.0471. The lowest BCUT2D eigenvalue weighted by molar-refractivity contribution is -0.117. The van der Waals surface area contributed by atoms with Gasteiger partial charge in [0.15, 0.2) is 23.2 Å². The predicted octanol–water partition coefficient (Wildman–Crippen LogP) is 3.93. The second-order valence-electron chi connectivity index (χ2n) is 5.76. The van der Waals surface area contributed by atoms with Crippen molar-refractivity contribution in [3.63, 3.8) is 0 Å². The summed E-state index contributed by atoms with van der Waals surface area (Å²) in [7, 11) is 0. The number of carbonyl (C=O) groups excluding carboxylic acids is 2. The number of amides is 1. The van der Waals surface area contributed by atoms with E-state index in [-0.39, 0.29) is 22.8 Å². The smallest absolute Gasteiger partial charge is 0.294 e. The van der Waals surface area contributed by atoms with E-state index in [1.807, 2.05) is 0 Å². The molecule has 0 bridgehead atoms. The van der Waals surface area contributed by atoms with Crippen molar-refractivity contribution in [2.24, 2.45) is 0 Å². The molecule has 136 valence electrons. The number of anilines is 1. The third-order valence-corrected chi connectivity index (χ3v) is 4.19. The molecule has 8 heteroatoms. The SMILES string of the molecule is O=C(C1=C(O)C(=O)N(c2ccc(F)c(F)c2)C1c1ccco1)c1ccco1. The average Bonchev–Trinajstić information content (AvgIpc) is 3.39. The van der Waals surface area contributed by atoms with Crippen LogP contribution < -0.4 is 4.90 Å². The van der Waals surface area contributed by atoms with Crippen LogP contribution in [0.4, 0.5) is 14.5 Å². The van der Waals surface area contributed by atoms with Crippen LogP contribution in [0.2, 0.25) is 0 Å². The van der Waals surface area contributed by atoms with E-state index in [1.54, 1.807) is 0 Å². The van der Waals surface area contributed by atoms with Crippen LogP contribution in [0, 0.1) is 11.6 Å². The number of nitrogens with zero attached hydrogens (tertiary/aromatic N) is 1. The maximum absolute atomic E-state index is 13.7. The highest BCUT2D eigenvalue weighted by molar-refractivity contribution is 6.20. The summed E-state index contributed by atoms with van der Waals surface area (Å²) in [5.41, 5.74) is -0.330. The maximum atomic E-state index is 13.7. The minimum Gasteiger partial charge on any atom is -0.503 e. The zero-order valence-corrected chi connectivity index (χ0v) is 13.6. The topological polar surface area (TPSA) is 83.9 Å². The molecule has 0 aliphatic carbocycles. The Labute approximate surface area is 150 Å². The second kappa shape index (κ2) is 6.24. The van der Waals surface area contributed by atoms with Gasteiger partial charge in [0, 0.05) is 11.8 Å². The standard InChI is InChI=1S/C19H11F2NO5/c20-11-6-5-10(9-12(11)21)22-16(13-3-1-7-26-13)15(18(24)19(22)25)17(23)14-4-2-8-27-14/h1-9,16,24H. The van der Waals surface area contributed by atoms with Gasteiger partial charge in [-0.3, -0.25) is 14.5 Å². The highest BCUT2D eigenvalue weighted by Gasteiger charge is 2.46. The van der Waals surface area contributed by atoms with E-state index < -0.39 is 35.1 Å². The zero-order valence-electron chi connectivity index (χ0n) is 13.6. The third-order valence-electron chi connectivity index (χ3n) is 4.19. The van der Waals surface area contributed by atoms with Gasteiger partial charge in [-0.15, -0.1) is 0 Å². The van der Waals surface area contributed by atoms with E-state index in [0.717, 1.165) is 17.0 Å². The monoisotopic (exact) mass is 371 g/mol. The van der Waals surface area contributed by atoms with E-state index >= 15 is 0 Å². The Hall–Kier alpha value is -3.68. The van der Waals surface area contributed by atoms with Crippen molar-refractivity contribution in [1.29, 1.82) is 0 Å². The molecular weight excluding hydrogens is 360 g/mol. The van der Waals surface area contributed by atoms with Gasteiger partial charge < -0.3 is 13.9 Å². The first-order valence-corrected chi connectivity index (χ1v) is 7.82. The second-order valence-corrected chi connectivity index (χ2v) is 5.76. The molecule has 3 heterocycles. The lowest BCUT2D eigenvalue weighted by Crippen LogP contribution is -2.31. The Morgan fingerprint density at radius 1 is 1.04 bits per heavy atom. The summed E-state index contributed by atoms with van der Waals surface area (Å²) in [5, 5.41) is 10.4. The molecule has 1 amide bonds. The van der Waals surface area contributed by atoms with E-state index in [0.29, 0.717) is 0 Å². The normalized spacial score (nSPS) is 17.0. The first-order valence-electron chi connectivity index (χ1n) is 7.82. The first kappa shape index (κ1) is 16.8. The molecule has 1 N–H and O–H groups in total. The molecule has 0 saturated heterocycles. The minimum atomic E-state index is -1.18. The number of hydrogen-bond acceptors (Lipinski definition) is 5. The molecule has 0 fully saturated rings. The van der Waals surface area contributed by atoms with Crippen molar-refractivity contribution in [3.8, 4) is 0 Å². The number of aliphatic hydroxyl groups is 1. The number of benzene rings is 1. The summed E-state index contributed by atoms with van der Waals surface area (Å²) in [6.07, 6.45) is 2.60. The summed E-state index contributed by atoms with van der Waals surface area (Å²) in [5.74, 6) is -4.69. The number of ketones is 1. The molecule has 1 atom stereocenters. The average molecular weight is 371 g/mol. The van der Waals surface area contributed by atoms with Gasteiger partial charge >= 0.3 is 0 Å². The lowest BCUT2D eigenvalue weighted by atomic mass is 9.99. The molecule has 1 unspecified atom stereocenters. The van der Waals surface area contributed by atoms with Crippen molar-refractivity contribution < 1.29 is 32.3 Å². The van der Waals surface area contributed by atoms with Crippen molar-refractivity contribution in [3.05, 3.63) is 89.5 Å². The van der Waals surface area contributed by atoms with Crippen LogP contribution in [0.25, 0.3) is 0 Å². The summed E-state index contributed by atoms with van der Waals surface area (Å²) >= 11 is 0. The van der Waals surface area contributed by atoms with Crippen LogP contribution >= 0.6 is 0 Å². The number of furan rings is 2. The molecule has 3 aromatic rings. The molecule has 2 aromatic heterocycles. The van der Waals surface area contributed by atoms with Gasteiger partial charge in [0.25, 0.3) is 5.91 Å². The van der Waals surface area contributed by atoms with Crippen LogP contribution in [0.1, 0.15) is 22.4 Å². The highest BCUT2D eigenvalue weighted by atomic mass is 19.2. The van der Waals surface area contributed by atoms with Gasteiger partial charge in [-0.1, -0.05) is 0 Å². The van der Waals surface area contributed by atoms with E-state index in [2.05, 4.69) is 0 Å². The number of Topliss-reactive ketones (excluding diaryl/α,β-unsaturated/α-hetero) is 1. The van der Waals surface area contributed by atoms with Crippen LogP contribution in [0.3, 0.4) is 0 Å². The number of aliphatic hydroxyl groups excluding tert-OH is 1. The zero-order chi connectivity index (χ0) is 19.1. The first-order chi connectivity index (χ1) is 13.0. The van der Waals surface area contributed by atoms with Crippen LogP contribution in [-0.4, -0.2) is 16.8 Å². The van der Waals surface area contributed by atoms with Gasteiger partial charge in [-0.2, -0.15) is 0 Å². The largest absolute Gasteiger partial charge is 0.503 e. The van der Waals surface area contributed by atoms with E-state index in [4.69, 9.17) is 8.83 Å². The summed E-state index contributed by atoms with van der Waals surface area (Å²) in [4.78, 5) is 26.4. The fourth-order valence-corrected chi connectivity index (χ4v) is 2.99. The highest BCUT2D eigenvalue weighted by Crippen LogP contribution is 2.42.